The van der Waals surface area contributed by atoms with Crippen molar-refractivity contribution in [3.63, 3.8) is 0 Å². The molecule has 14 heteroatoms. The number of para-hydroxylation sites is 2. The summed E-state index contributed by atoms with van der Waals surface area (Å²) in [6, 6.07) is 24.1. The zero-order valence-electron chi connectivity index (χ0n) is 22.9. The van der Waals surface area contributed by atoms with Gasteiger partial charge in [-0.2, -0.15) is 0 Å². The van der Waals surface area contributed by atoms with E-state index >= 15 is 0 Å². The van der Waals surface area contributed by atoms with Gasteiger partial charge < -0.3 is 14.8 Å². The highest BCUT2D eigenvalue weighted by molar-refractivity contribution is 9.10. The number of ether oxygens (including phenoxy) is 2. The topological polar surface area (TPSA) is 149 Å². The molecule has 0 atom stereocenters. The lowest BCUT2D eigenvalue weighted by Crippen LogP contribution is -2.17. The molecule has 0 saturated carbocycles. The molecule has 0 fully saturated rings. The van der Waals surface area contributed by atoms with E-state index in [4.69, 9.17) is 9.47 Å². The molecule has 1 aromatic heterocycles. The van der Waals surface area contributed by atoms with Crippen molar-refractivity contribution in [2.24, 2.45) is 0 Å². The summed E-state index contributed by atoms with van der Waals surface area (Å²) in [5.41, 5.74) is 1.63. The van der Waals surface area contributed by atoms with Gasteiger partial charge in [-0.3, -0.25) is 9.44 Å². The van der Waals surface area contributed by atoms with E-state index < -0.39 is 20.0 Å². The number of methoxy groups -OCH3 is 1. The Morgan fingerprint density at radius 1 is 0.744 bits per heavy atom. The third-order valence-corrected chi connectivity index (χ3v) is 9.28. The maximum atomic E-state index is 13.6. The van der Waals surface area contributed by atoms with Crippen molar-refractivity contribution < 1.29 is 26.3 Å². The summed E-state index contributed by atoms with van der Waals surface area (Å²) in [4.78, 5) is 8.97. The molecular formula is C29H26BrN5O6S2. The van der Waals surface area contributed by atoms with Crippen LogP contribution in [0.25, 0.3) is 11.0 Å². The van der Waals surface area contributed by atoms with Crippen LogP contribution in [0.3, 0.4) is 0 Å². The average Bonchev–Trinajstić information content (AvgIpc) is 2.98. The second kappa shape index (κ2) is 12.5. The van der Waals surface area contributed by atoms with Crippen molar-refractivity contribution >= 4 is 70.0 Å². The quantitative estimate of drug-likeness (QED) is 0.149. The van der Waals surface area contributed by atoms with Crippen LogP contribution in [0.1, 0.15) is 6.92 Å². The molecule has 0 radical (unpaired) electrons. The minimum absolute atomic E-state index is 0.0281. The second-order valence-electron chi connectivity index (χ2n) is 9.03. The number of hydrogen-bond donors (Lipinski definition) is 3. The van der Waals surface area contributed by atoms with E-state index in [0.29, 0.717) is 32.6 Å². The third-order valence-electron chi connectivity index (χ3n) is 6.05. The summed E-state index contributed by atoms with van der Waals surface area (Å²) in [7, 11) is -6.65. The van der Waals surface area contributed by atoms with Crippen LogP contribution in [-0.4, -0.2) is 40.5 Å². The largest absolute Gasteiger partial charge is 0.497 e. The molecule has 5 aromatic rings. The van der Waals surface area contributed by atoms with Gasteiger partial charge in [-0.1, -0.05) is 34.1 Å². The van der Waals surface area contributed by atoms with E-state index in [9.17, 15) is 16.8 Å². The second-order valence-corrected chi connectivity index (χ2v) is 13.3. The van der Waals surface area contributed by atoms with Gasteiger partial charge in [0.25, 0.3) is 20.0 Å². The summed E-state index contributed by atoms with van der Waals surface area (Å²) >= 11 is 3.32. The molecule has 0 aliphatic carbocycles. The molecule has 3 N–H and O–H groups in total. The third kappa shape index (κ3) is 6.98. The number of sulfonamides is 2. The van der Waals surface area contributed by atoms with Gasteiger partial charge in [0, 0.05) is 15.8 Å². The molecule has 0 amide bonds. The predicted molar refractivity (Wildman–Crippen MR) is 169 cm³/mol. The first-order valence-electron chi connectivity index (χ1n) is 12.8. The molecule has 0 aliphatic heterocycles. The van der Waals surface area contributed by atoms with Crippen LogP contribution in [0.15, 0.2) is 105 Å². The van der Waals surface area contributed by atoms with Crippen LogP contribution in [0.5, 0.6) is 11.5 Å². The van der Waals surface area contributed by atoms with Gasteiger partial charge in [0.1, 0.15) is 16.4 Å². The lowest BCUT2D eigenvalue weighted by Gasteiger charge is -2.16. The molecule has 5 rings (SSSR count). The number of benzene rings is 4. The Hall–Kier alpha value is -4.40. The van der Waals surface area contributed by atoms with Crippen LogP contribution in [-0.2, 0) is 20.0 Å². The highest BCUT2D eigenvalue weighted by Gasteiger charge is 2.24. The summed E-state index contributed by atoms with van der Waals surface area (Å²) in [6.45, 7) is 2.02. The van der Waals surface area contributed by atoms with Crippen molar-refractivity contribution in [3.05, 3.63) is 95.5 Å². The smallest absolute Gasteiger partial charge is 0.266 e. The van der Waals surface area contributed by atoms with E-state index in [0.717, 1.165) is 0 Å². The Labute approximate surface area is 257 Å². The van der Waals surface area contributed by atoms with Crippen molar-refractivity contribution in [1.29, 1.82) is 0 Å². The zero-order valence-corrected chi connectivity index (χ0v) is 26.1. The van der Waals surface area contributed by atoms with Gasteiger partial charge in [-0.15, -0.1) is 0 Å². The van der Waals surface area contributed by atoms with Gasteiger partial charge in [0.2, 0.25) is 0 Å². The van der Waals surface area contributed by atoms with E-state index in [2.05, 4.69) is 40.7 Å². The molecule has 0 aliphatic rings. The molecule has 0 bridgehead atoms. The lowest BCUT2D eigenvalue weighted by atomic mass is 10.3. The fourth-order valence-corrected chi connectivity index (χ4v) is 6.86. The molecule has 4 aromatic carbocycles. The van der Waals surface area contributed by atoms with Gasteiger partial charge in [-0.05, 0) is 79.7 Å². The van der Waals surface area contributed by atoms with Crippen LogP contribution >= 0.6 is 15.9 Å². The summed E-state index contributed by atoms with van der Waals surface area (Å²) in [5.74, 6) is 0.730. The maximum Gasteiger partial charge on any atom is 0.266 e. The molecule has 1 heterocycles. The highest BCUT2D eigenvalue weighted by atomic mass is 79.9. The average molecular weight is 685 g/mol. The minimum Gasteiger partial charge on any atom is -0.497 e. The molecule has 11 nitrogen and oxygen atoms in total. The zero-order chi connectivity index (χ0) is 30.6. The standard InChI is InChI=1S/C29H26BrN5O6S2/c1-3-41-26-16-11-19(30)17-27(26)43(38,39)35-29-28(32-24-9-4-5-10-25(24)33-29)31-21-7-6-8-23(18-21)42(36,37)34-20-12-14-22(40-2)15-13-20/h4-18,34H,3H2,1-2H3,(H,31,32)(H,33,35). The van der Waals surface area contributed by atoms with E-state index in [-0.39, 0.29) is 33.8 Å². The van der Waals surface area contributed by atoms with Crippen molar-refractivity contribution in [2.75, 3.05) is 28.5 Å². The van der Waals surface area contributed by atoms with Gasteiger partial charge in [-0.25, -0.2) is 26.8 Å². The minimum atomic E-state index is -4.21. The fraction of sp³-hybridized carbons (Fsp3) is 0.103. The summed E-state index contributed by atoms with van der Waals surface area (Å²) < 4.78 is 69.8. The Morgan fingerprint density at radius 3 is 2.12 bits per heavy atom. The highest BCUT2D eigenvalue weighted by Crippen LogP contribution is 2.32. The van der Waals surface area contributed by atoms with Crippen molar-refractivity contribution in [2.45, 2.75) is 16.7 Å². The number of aromatic nitrogens is 2. The fourth-order valence-electron chi connectivity index (χ4n) is 4.06. The number of anilines is 4. The van der Waals surface area contributed by atoms with E-state index in [1.54, 1.807) is 79.7 Å². The SMILES string of the molecule is CCOc1ccc(Br)cc1S(=O)(=O)Nc1nc2ccccc2nc1Nc1cccc(S(=O)(=O)Nc2ccc(OC)cc2)c1. The number of rotatable bonds is 11. The first-order chi connectivity index (χ1) is 20.6. The predicted octanol–water partition coefficient (Wildman–Crippen LogP) is 6.14. The lowest BCUT2D eigenvalue weighted by molar-refractivity contribution is 0.331. The van der Waals surface area contributed by atoms with Gasteiger partial charge >= 0.3 is 0 Å². The van der Waals surface area contributed by atoms with Crippen LogP contribution in [0.2, 0.25) is 0 Å². The molecule has 0 saturated heterocycles. The molecular weight excluding hydrogens is 658 g/mol. The van der Waals surface area contributed by atoms with Crippen molar-refractivity contribution in [1.82, 2.24) is 9.97 Å². The first-order valence-corrected chi connectivity index (χ1v) is 16.6. The van der Waals surface area contributed by atoms with E-state index in [1.807, 2.05) is 0 Å². The Kier molecular flexibility index (Phi) is 8.71. The molecule has 0 unspecified atom stereocenters. The normalized spacial score (nSPS) is 11.6. The number of hydrogen-bond acceptors (Lipinski definition) is 9. The number of nitrogens with zero attached hydrogens (tertiary/aromatic N) is 2. The molecule has 222 valence electrons. The number of halogens is 1. The van der Waals surface area contributed by atoms with Crippen LogP contribution < -0.4 is 24.2 Å². The van der Waals surface area contributed by atoms with Gasteiger partial charge in [0.15, 0.2) is 11.6 Å². The number of fused-ring (bicyclic) bond motifs is 1. The maximum absolute atomic E-state index is 13.6. The molecule has 0 spiro atoms. The number of nitrogens with one attached hydrogen (secondary N) is 3. The summed E-state index contributed by atoms with van der Waals surface area (Å²) in [5, 5.41) is 3.03. The van der Waals surface area contributed by atoms with Crippen molar-refractivity contribution in [3.8, 4) is 11.5 Å². The Bertz CT molecular complexity index is 2010. The van der Waals surface area contributed by atoms with Crippen LogP contribution in [0, 0.1) is 0 Å². The van der Waals surface area contributed by atoms with E-state index in [1.165, 1.54) is 25.3 Å². The van der Waals surface area contributed by atoms with Gasteiger partial charge in [0.05, 0.1) is 29.6 Å². The van der Waals surface area contributed by atoms with Crippen LogP contribution in [0.4, 0.5) is 23.0 Å². The first kappa shape index (κ1) is 30.1. The summed E-state index contributed by atoms with van der Waals surface area (Å²) in [6.07, 6.45) is 0. The molecule has 43 heavy (non-hydrogen) atoms. The monoisotopic (exact) mass is 683 g/mol. The Morgan fingerprint density at radius 2 is 1.44 bits per heavy atom. The Balaban J connectivity index is 1.50.